The zero-order valence-electron chi connectivity index (χ0n) is 16.3. The molecule has 3 heterocycles. The number of hydrogen-bond acceptors (Lipinski definition) is 5. The summed E-state index contributed by atoms with van der Waals surface area (Å²) in [5.41, 5.74) is 1.66. The third kappa shape index (κ3) is 3.50. The van der Waals surface area contributed by atoms with Crippen LogP contribution in [0.1, 0.15) is 37.5 Å². The maximum Gasteiger partial charge on any atom is 0.240 e. The van der Waals surface area contributed by atoms with Gasteiger partial charge in [-0.1, -0.05) is 12.1 Å². The second-order valence-electron chi connectivity index (χ2n) is 7.02. The van der Waals surface area contributed by atoms with E-state index >= 15 is 0 Å². The van der Waals surface area contributed by atoms with Crippen LogP contribution in [0.25, 0.3) is 0 Å². The molecule has 6 nitrogen and oxygen atoms in total. The highest BCUT2D eigenvalue weighted by molar-refractivity contribution is 7.14. The highest BCUT2D eigenvalue weighted by Gasteiger charge is 2.40. The van der Waals surface area contributed by atoms with Crippen molar-refractivity contribution in [3.63, 3.8) is 0 Å². The molecule has 0 spiro atoms. The lowest BCUT2D eigenvalue weighted by molar-refractivity contribution is -0.378. The molecule has 0 fully saturated rings. The number of aryl methyl sites for hydroxylation is 2. The van der Waals surface area contributed by atoms with E-state index in [4.69, 9.17) is 0 Å². The number of thiazole rings is 1. The molecule has 4 rings (SSSR count). The first kappa shape index (κ1) is 19.9. The Hall–Kier alpha value is -3.39. The number of hydrogen-bond donors (Lipinski definition) is 0. The molecule has 1 unspecified atom stereocenters. The van der Waals surface area contributed by atoms with Gasteiger partial charge in [0.15, 0.2) is 12.4 Å². The standard InChI is InChI=1S/C22H18FN3O3S/c1-12-21(30-13(2)25-12)19(27)17-18(15-5-7-16(23)8-6-15)26(22(29)20(17)28)11-14-4-3-9-24-10-14/h3-10,18,28H,11H2,1-2H3. The van der Waals surface area contributed by atoms with Crippen LogP contribution in [-0.4, -0.2) is 21.6 Å². The third-order valence-corrected chi connectivity index (χ3v) is 6.02. The fourth-order valence-electron chi connectivity index (χ4n) is 3.61. The van der Waals surface area contributed by atoms with Crippen molar-refractivity contribution < 1.29 is 24.1 Å². The first-order valence-electron chi connectivity index (χ1n) is 9.28. The summed E-state index contributed by atoms with van der Waals surface area (Å²) in [6.07, 6.45) is 3.45. The molecule has 0 saturated heterocycles. The number of benzene rings is 1. The molecule has 0 saturated carbocycles. The predicted molar refractivity (Wildman–Crippen MR) is 106 cm³/mol. The van der Waals surface area contributed by atoms with Crippen molar-refractivity contribution in [2.75, 3.05) is 0 Å². The molecular formula is C22H18FN3O3S. The number of carbonyl (C=O) groups is 2. The third-order valence-electron chi connectivity index (χ3n) is 4.95. The number of H-pyrrole nitrogens is 1. The van der Waals surface area contributed by atoms with Crippen LogP contribution >= 0.6 is 11.3 Å². The number of pyridine rings is 1. The second kappa shape index (κ2) is 7.79. The predicted octanol–water partition coefficient (Wildman–Crippen LogP) is 2.29. The van der Waals surface area contributed by atoms with Crippen LogP contribution in [0.2, 0.25) is 0 Å². The Bertz CT molecular complexity index is 1160. The van der Waals surface area contributed by atoms with E-state index < -0.39 is 29.3 Å². The summed E-state index contributed by atoms with van der Waals surface area (Å²) in [4.78, 5) is 35.1. The van der Waals surface area contributed by atoms with Crippen LogP contribution in [0, 0.1) is 19.7 Å². The van der Waals surface area contributed by atoms with Gasteiger partial charge >= 0.3 is 0 Å². The van der Waals surface area contributed by atoms with Crippen LogP contribution in [0.5, 0.6) is 0 Å². The van der Waals surface area contributed by atoms with E-state index in [2.05, 4.69) is 9.97 Å². The summed E-state index contributed by atoms with van der Waals surface area (Å²) in [5.74, 6) is -2.54. The van der Waals surface area contributed by atoms with Gasteiger partial charge < -0.3 is 10.0 Å². The lowest BCUT2D eigenvalue weighted by Gasteiger charge is -2.27. The van der Waals surface area contributed by atoms with E-state index in [1.165, 1.54) is 40.5 Å². The van der Waals surface area contributed by atoms with E-state index in [-0.39, 0.29) is 12.1 Å². The molecule has 1 N–H and O–H groups in total. The number of nitrogens with zero attached hydrogens (tertiary/aromatic N) is 2. The van der Waals surface area contributed by atoms with Gasteiger partial charge in [0.2, 0.25) is 11.7 Å². The van der Waals surface area contributed by atoms with Crippen LogP contribution in [0.15, 0.2) is 60.1 Å². The topological polar surface area (TPSA) is 87.5 Å². The van der Waals surface area contributed by atoms with Gasteiger partial charge in [0.1, 0.15) is 5.82 Å². The quantitative estimate of drug-likeness (QED) is 0.589. The minimum Gasteiger partial charge on any atom is -0.868 e. The lowest BCUT2D eigenvalue weighted by atomic mass is 9.95. The molecule has 1 amide bonds. The molecule has 1 aliphatic rings. The van der Waals surface area contributed by atoms with Crippen LogP contribution in [0.4, 0.5) is 4.39 Å². The van der Waals surface area contributed by atoms with E-state index in [0.29, 0.717) is 21.1 Å². The van der Waals surface area contributed by atoms with Crippen molar-refractivity contribution in [3.8, 4) is 0 Å². The zero-order chi connectivity index (χ0) is 21.4. The van der Waals surface area contributed by atoms with E-state index in [1.807, 2.05) is 6.07 Å². The van der Waals surface area contributed by atoms with E-state index in [0.717, 1.165) is 5.56 Å². The smallest absolute Gasteiger partial charge is 0.240 e. The van der Waals surface area contributed by atoms with Crippen molar-refractivity contribution in [2.24, 2.45) is 0 Å². The normalized spacial score (nSPS) is 16.4. The van der Waals surface area contributed by atoms with Gasteiger partial charge in [-0.2, -0.15) is 0 Å². The Kier molecular flexibility index (Phi) is 5.17. The van der Waals surface area contributed by atoms with Gasteiger partial charge in [-0.25, -0.2) is 14.4 Å². The van der Waals surface area contributed by atoms with Gasteiger partial charge in [0.25, 0.3) is 0 Å². The molecule has 30 heavy (non-hydrogen) atoms. The molecule has 1 atom stereocenters. The maximum atomic E-state index is 13.5. The molecule has 152 valence electrons. The lowest BCUT2D eigenvalue weighted by Crippen LogP contribution is -2.32. The number of aromatic nitrogens is 2. The summed E-state index contributed by atoms with van der Waals surface area (Å²) in [6.45, 7) is 3.60. The highest BCUT2D eigenvalue weighted by Crippen LogP contribution is 2.40. The fourth-order valence-corrected chi connectivity index (χ4v) is 4.49. The number of aromatic amines is 1. The first-order valence-corrected chi connectivity index (χ1v) is 10.1. The number of nitrogens with one attached hydrogen (secondary N) is 1. The van der Waals surface area contributed by atoms with Gasteiger partial charge in [-0.05, 0) is 43.4 Å². The summed E-state index contributed by atoms with van der Waals surface area (Å²) < 4.78 is 13.5. The molecular weight excluding hydrogens is 405 g/mol. The summed E-state index contributed by atoms with van der Waals surface area (Å²) in [7, 11) is 0. The molecule has 2 aromatic heterocycles. The Morgan fingerprint density at radius 2 is 2.00 bits per heavy atom. The molecule has 8 heteroatoms. The highest BCUT2D eigenvalue weighted by atomic mass is 32.1. The molecule has 3 aromatic rings. The van der Waals surface area contributed by atoms with Gasteiger partial charge in [-0.15, -0.1) is 11.3 Å². The minimum absolute atomic E-state index is 0.126. The summed E-state index contributed by atoms with van der Waals surface area (Å²) in [5, 5.41) is 13.6. The van der Waals surface area contributed by atoms with Crippen molar-refractivity contribution in [1.29, 1.82) is 0 Å². The van der Waals surface area contributed by atoms with Crippen LogP contribution < -0.4 is 10.1 Å². The zero-order valence-corrected chi connectivity index (χ0v) is 17.1. The molecule has 1 aliphatic heterocycles. The maximum absolute atomic E-state index is 13.5. The molecule has 0 radical (unpaired) electrons. The van der Waals surface area contributed by atoms with Crippen LogP contribution in [-0.2, 0) is 11.3 Å². The van der Waals surface area contributed by atoms with Crippen molar-refractivity contribution in [3.05, 3.63) is 92.6 Å². The molecule has 1 aromatic carbocycles. The number of rotatable bonds is 5. The SMILES string of the molecule is Cc1nc(C)c(C(=O)C2=C([O-])C(=O)N(Cc3ccc[nH+]c3)C2c2ccc(F)cc2)s1. The second-order valence-corrected chi connectivity index (χ2v) is 8.22. The number of carbonyl (C=O) groups excluding carboxylic acids is 2. The summed E-state index contributed by atoms with van der Waals surface area (Å²) in [6, 6.07) is 8.18. The van der Waals surface area contributed by atoms with Crippen molar-refractivity contribution in [1.82, 2.24) is 9.88 Å². The van der Waals surface area contributed by atoms with E-state index in [9.17, 15) is 19.1 Å². The first-order chi connectivity index (χ1) is 14.4. The Balaban J connectivity index is 1.81. The Labute approximate surface area is 176 Å². The largest absolute Gasteiger partial charge is 0.868 e. The minimum atomic E-state index is -0.903. The van der Waals surface area contributed by atoms with Gasteiger partial charge in [-0.3, -0.25) is 9.59 Å². The summed E-state index contributed by atoms with van der Waals surface area (Å²) >= 11 is 1.19. The monoisotopic (exact) mass is 423 g/mol. The average Bonchev–Trinajstić information content (AvgIpc) is 3.20. The number of amides is 1. The molecule has 0 bridgehead atoms. The van der Waals surface area contributed by atoms with Crippen molar-refractivity contribution >= 4 is 23.0 Å². The van der Waals surface area contributed by atoms with E-state index in [1.54, 1.807) is 32.3 Å². The molecule has 0 aliphatic carbocycles. The average molecular weight is 423 g/mol. The number of halogens is 1. The number of Topliss-reactive ketones (excluding diaryl/α,β-unsaturated/α-hetero) is 1. The van der Waals surface area contributed by atoms with Gasteiger partial charge in [0.05, 0.1) is 28.2 Å². The van der Waals surface area contributed by atoms with Gasteiger partial charge in [0, 0.05) is 17.2 Å². The number of ketones is 1. The van der Waals surface area contributed by atoms with Crippen LogP contribution in [0.3, 0.4) is 0 Å². The van der Waals surface area contributed by atoms with Crippen molar-refractivity contribution in [2.45, 2.75) is 26.4 Å². The Morgan fingerprint density at radius 1 is 1.27 bits per heavy atom. The Morgan fingerprint density at radius 3 is 2.60 bits per heavy atom. The fraction of sp³-hybridized carbons (Fsp3) is 0.182.